The molecular formula is C15H33Si3. The molecule has 0 nitrogen and oxygen atoms in total. The van der Waals surface area contributed by atoms with Crippen LogP contribution >= 0.6 is 0 Å². The van der Waals surface area contributed by atoms with Crippen LogP contribution in [-0.4, -0.2) is 25.9 Å². The van der Waals surface area contributed by atoms with Gasteiger partial charge in [0.2, 0.25) is 0 Å². The SMILES string of the molecule is CCCCC[Si][Si][Si](CCCCC)CCCCC. The van der Waals surface area contributed by atoms with Crippen molar-refractivity contribution in [1.29, 1.82) is 0 Å². The summed E-state index contributed by atoms with van der Waals surface area (Å²) in [4.78, 5) is 0. The Balaban J connectivity index is 3.60. The predicted octanol–water partition coefficient (Wildman–Crippen LogP) is 5.29. The summed E-state index contributed by atoms with van der Waals surface area (Å²) in [6.07, 6.45) is 13.2. The molecule has 0 atom stereocenters. The highest BCUT2D eigenvalue weighted by atomic mass is 29.5. The fourth-order valence-electron chi connectivity index (χ4n) is 2.08. The van der Waals surface area contributed by atoms with E-state index in [4.69, 9.17) is 0 Å². The molecule has 0 heterocycles. The molecule has 0 N–H and O–H groups in total. The third-order valence-electron chi connectivity index (χ3n) is 3.33. The average Bonchev–Trinajstić information content (AvgIpc) is 2.38. The monoisotopic (exact) mass is 297 g/mol. The first-order chi connectivity index (χ1) is 8.85. The molecule has 0 aliphatic heterocycles. The Hall–Kier alpha value is 0.651. The standard InChI is InChI=1S/C15H33Si3/c1-4-7-10-13-16-17-18(14-11-8-5-2)15-12-9-6-3/h4-15H2,1-3H3. The Bertz CT molecular complexity index is 141. The molecule has 0 aromatic carbocycles. The Morgan fingerprint density at radius 3 is 1.67 bits per heavy atom. The van der Waals surface area contributed by atoms with Crippen molar-refractivity contribution < 1.29 is 0 Å². The molecule has 0 spiro atoms. The average molecular weight is 298 g/mol. The van der Waals surface area contributed by atoms with Gasteiger partial charge in [0.25, 0.3) is 0 Å². The fourth-order valence-corrected chi connectivity index (χ4v) is 13.8. The zero-order chi connectivity index (χ0) is 13.5. The summed E-state index contributed by atoms with van der Waals surface area (Å²) in [7, 11) is 2.77. The normalized spacial score (nSPS) is 11.3. The Morgan fingerprint density at radius 2 is 1.17 bits per heavy atom. The smallest absolute Gasteiger partial charge is 0.0306 e. The molecule has 0 aromatic heterocycles. The van der Waals surface area contributed by atoms with Gasteiger partial charge in [-0.25, -0.2) is 0 Å². The maximum absolute atomic E-state index is 2.33. The lowest BCUT2D eigenvalue weighted by Crippen LogP contribution is -2.27. The summed E-state index contributed by atoms with van der Waals surface area (Å²) < 4.78 is 0. The molecule has 0 unspecified atom stereocenters. The van der Waals surface area contributed by atoms with Crippen molar-refractivity contribution in [3.8, 4) is 0 Å². The van der Waals surface area contributed by atoms with Gasteiger partial charge in [0.05, 0.1) is 0 Å². The summed E-state index contributed by atoms with van der Waals surface area (Å²) in [6, 6.07) is 4.80. The Morgan fingerprint density at radius 1 is 0.667 bits per heavy atom. The van der Waals surface area contributed by atoms with Crippen LogP contribution in [0.5, 0.6) is 0 Å². The van der Waals surface area contributed by atoms with Gasteiger partial charge in [-0.3, -0.25) is 0 Å². The van der Waals surface area contributed by atoms with Gasteiger partial charge in [-0.2, -0.15) is 0 Å². The van der Waals surface area contributed by atoms with Crippen LogP contribution < -0.4 is 0 Å². The topological polar surface area (TPSA) is 0 Å². The van der Waals surface area contributed by atoms with Gasteiger partial charge in [0.15, 0.2) is 0 Å². The van der Waals surface area contributed by atoms with Gasteiger partial charge in [-0.1, -0.05) is 96.7 Å². The summed E-state index contributed by atoms with van der Waals surface area (Å²) in [5, 5.41) is 0. The van der Waals surface area contributed by atoms with Crippen molar-refractivity contribution in [3.63, 3.8) is 0 Å². The molecule has 18 heavy (non-hydrogen) atoms. The first kappa shape index (κ1) is 18.7. The second kappa shape index (κ2) is 15.7. The number of unbranched alkanes of at least 4 members (excludes halogenated alkanes) is 6. The summed E-state index contributed by atoms with van der Waals surface area (Å²) in [5.74, 6) is 0. The second-order valence-corrected chi connectivity index (χ2v) is 14.8. The number of rotatable bonds is 14. The maximum Gasteiger partial charge on any atom is 0.0306 e. The molecule has 105 valence electrons. The highest BCUT2D eigenvalue weighted by Crippen LogP contribution is 2.11. The van der Waals surface area contributed by atoms with Crippen LogP contribution in [0.25, 0.3) is 0 Å². The quantitative estimate of drug-likeness (QED) is 0.302. The highest BCUT2D eigenvalue weighted by Gasteiger charge is 2.10. The van der Waals surface area contributed by atoms with Crippen molar-refractivity contribution >= 4 is 25.9 Å². The molecule has 0 saturated carbocycles. The van der Waals surface area contributed by atoms with E-state index in [1.54, 1.807) is 18.1 Å². The van der Waals surface area contributed by atoms with Gasteiger partial charge < -0.3 is 0 Å². The molecule has 5 radical (unpaired) electrons. The Kier molecular flexibility index (Phi) is 16.3. The third kappa shape index (κ3) is 13.1. The van der Waals surface area contributed by atoms with Gasteiger partial charge in [0.1, 0.15) is 0 Å². The number of hydrogen-bond acceptors (Lipinski definition) is 0. The molecule has 0 fully saturated rings. The molecule has 0 bridgehead atoms. The van der Waals surface area contributed by atoms with E-state index < -0.39 is 0 Å². The molecule has 3 heteroatoms. The van der Waals surface area contributed by atoms with Crippen molar-refractivity contribution in [1.82, 2.24) is 0 Å². The molecular weight excluding hydrogens is 264 g/mol. The van der Waals surface area contributed by atoms with E-state index in [2.05, 4.69) is 20.8 Å². The lowest BCUT2D eigenvalue weighted by molar-refractivity contribution is 0.750. The van der Waals surface area contributed by atoms with Crippen molar-refractivity contribution in [3.05, 3.63) is 0 Å². The van der Waals surface area contributed by atoms with Crippen molar-refractivity contribution in [2.24, 2.45) is 0 Å². The number of hydrogen-bond donors (Lipinski definition) is 0. The van der Waals surface area contributed by atoms with E-state index in [1.807, 2.05) is 0 Å². The lowest BCUT2D eigenvalue weighted by atomic mass is 10.3. The third-order valence-corrected chi connectivity index (χ3v) is 15.0. The predicted molar refractivity (Wildman–Crippen MR) is 90.3 cm³/mol. The first-order valence-corrected chi connectivity index (χ1v) is 14.3. The van der Waals surface area contributed by atoms with E-state index in [0.29, 0.717) is 0 Å². The minimum absolute atomic E-state index is 0.0635. The highest BCUT2D eigenvalue weighted by molar-refractivity contribution is 7.35. The lowest BCUT2D eigenvalue weighted by Gasteiger charge is -2.14. The van der Waals surface area contributed by atoms with Gasteiger partial charge in [-0.15, -0.1) is 0 Å². The van der Waals surface area contributed by atoms with E-state index in [0.717, 1.165) is 0 Å². The molecule has 0 amide bonds. The van der Waals surface area contributed by atoms with E-state index in [-0.39, 0.29) is 8.31 Å². The van der Waals surface area contributed by atoms with Crippen LogP contribution in [0, 0.1) is 0 Å². The molecule has 0 aromatic rings. The van der Waals surface area contributed by atoms with Crippen LogP contribution in [0.1, 0.15) is 78.6 Å². The Labute approximate surface area is 123 Å². The zero-order valence-electron chi connectivity index (χ0n) is 13.0. The van der Waals surface area contributed by atoms with E-state index in [9.17, 15) is 0 Å². The minimum atomic E-state index is 0.0635. The van der Waals surface area contributed by atoms with Crippen molar-refractivity contribution in [2.75, 3.05) is 0 Å². The van der Waals surface area contributed by atoms with Crippen LogP contribution in [0.2, 0.25) is 18.1 Å². The van der Waals surface area contributed by atoms with Crippen LogP contribution in [0.3, 0.4) is 0 Å². The van der Waals surface area contributed by atoms with Gasteiger partial charge >= 0.3 is 0 Å². The zero-order valence-corrected chi connectivity index (χ0v) is 16.0. The molecule has 0 saturated heterocycles. The van der Waals surface area contributed by atoms with E-state index in [1.165, 1.54) is 75.4 Å². The summed E-state index contributed by atoms with van der Waals surface area (Å²) in [5.41, 5.74) is 0. The summed E-state index contributed by atoms with van der Waals surface area (Å²) in [6.45, 7) is 6.98. The van der Waals surface area contributed by atoms with E-state index >= 15 is 0 Å². The first-order valence-electron chi connectivity index (χ1n) is 8.18. The van der Waals surface area contributed by atoms with Gasteiger partial charge in [-0.05, 0) is 0 Å². The second-order valence-electron chi connectivity index (χ2n) is 5.28. The largest absolute Gasteiger partial charge is 0.0654 e. The van der Waals surface area contributed by atoms with Gasteiger partial charge in [0, 0.05) is 25.9 Å². The maximum atomic E-state index is 2.33. The van der Waals surface area contributed by atoms with Crippen LogP contribution in [0.15, 0.2) is 0 Å². The summed E-state index contributed by atoms with van der Waals surface area (Å²) >= 11 is 0. The van der Waals surface area contributed by atoms with Crippen molar-refractivity contribution in [2.45, 2.75) is 96.7 Å². The molecule has 0 rings (SSSR count). The van der Waals surface area contributed by atoms with Crippen LogP contribution in [-0.2, 0) is 0 Å². The molecule has 0 aliphatic rings. The molecule has 0 aliphatic carbocycles. The van der Waals surface area contributed by atoms with Crippen LogP contribution in [0.4, 0.5) is 0 Å². The minimum Gasteiger partial charge on any atom is -0.0654 e. The fraction of sp³-hybridized carbons (Fsp3) is 1.00.